The van der Waals surface area contributed by atoms with Crippen molar-refractivity contribution in [2.24, 2.45) is 5.41 Å². The Morgan fingerprint density at radius 1 is 1.25 bits per heavy atom. The molecule has 1 unspecified atom stereocenters. The van der Waals surface area contributed by atoms with Crippen LogP contribution in [-0.4, -0.2) is 70.4 Å². The van der Waals surface area contributed by atoms with Gasteiger partial charge in [-0.05, 0) is 69.9 Å². The van der Waals surface area contributed by atoms with Crippen molar-refractivity contribution >= 4 is 23.5 Å². The Kier molecular flexibility index (Phi) is 6.60. The third-order valence-electron chi connectivity index (χ3n) is 7.56. The summed E-state index contributed by atoms with van der Waals surface area (Å²) in [7, 11) is 0. The van der Waals surface area contributed by atoms with Gasteiger partial charge in [0.15, 0.2) is 0 Å². The fourth-order valence-electron chi connectivity index (χ4n) is 5.85. The molecule has 1 spiro atoms. The number of aromatic nitrogens is 1. The van der Waals surface area contributed by atoms with E-state index >= 15 is 0 Å². The minimum absolute atomic E-state index is 0.213. The van der Waals surface area contributed by atoms with E-state index in [0.717, 1.165) is 75.8 Å². The summed E-state index contributed by atoms with van der Waals surface area (Å²) >= 11 is 0. The quantitative estimate of drug-likeness (QED) is 0.722. The van der Waals surface area contributed by atoms with E-state index in [1.165, 1.54) is 4.90 Å². The molecule has 1 atom stereocenters. The Hall–Kier alpha value is -2.35. The summed E-state index contributed by atoms with van der Waals surface area (Å²) in [4.78, 5) is 35.5. The normalized spacial score (nSPS) is 28.4. The average Bonchev–Trinajstić information content (AvgIpc) is 3.07. The number of hydrogen-bond acceptors (Lipinski definition) is 5. The highest BCUT2D eigenvalue weighted by Crippen LogP contribution is 2.43. The second kappa shape index (κ2) is 9.25. The van der Waals surface area contributed by atoms with Gasteiger partial charge in [-0.1, -0.05) is 6.92 Å². The Labute approximate surface area is 190 Å². The molecule has 2 amide bonds. The molecule has 176 valence electrons. The zero-order valence-corrected chi connectivity index (χ0v) is 19.3. The smallest absolute Gasteiger partial charge is 0.411 e. The van der Waals surface area contributed by atoms with Gasteiger partial charge >= 0.3 is 6.09 Å². The number of pyridine rings is 1. The number of rotatable bonds is 5. The van der Waals surface area contributed by atoms with Crippen LogP contribution in [0.15, 0.2) is 12.3 Å². The molecule has 3 heterocycles. The summed E-state index contributed by atoms with van der Waals surface area (Å²) in [5.74, 6) is 1.12. The molecule has 0 radical (unpaired) electrons. The van der Waals surface area contributed by atoms with E-state index in [4.69, 9.17) is 0 Å². The highest BCUT2D eigenvalue weighted by molar-refractivity contribution is 5.87. The highest BCUT2D eigenvalue weighted by Gasteiger charge is 2.50. The molecule has 3 aliphatic rings. The third kappa shape index (κ3) is 4.29. The van der Waals surface area contributed by atoms with Crippen molar-refractivity contribution < 1.29 is 19.8 Å². The van der Waals surface area contributed by atoms with Crippen LogP contribution < -0.4 is 9.80 Å². The van der Waals surface area contributed by atoms with Gasteiger partial charge in [0.05, 0.1) is 23.4 Å². The average molecular weight is 445 g/mol. The lowest BCUT2D eigenvalue weighted by molar-refractivity contribution is -0.139. The van der Waals surface area contributed by atoms with Crippen LogP contribution in [-0.2, 0) is 4.79 Å². The number of carbonyl (C=O) groups excluding carboxylic acids is 1. The molecule has 2 saturated heterocycles. The lowest BCUT2D eigenvalue weighted by Gasteiger charge is -2.41. The van der Waals surface area contributed by atoms with Gasteiger partial charge in [-0.3, -0.25) is 9.69 Å². The van der Waals surface area contributed by atoms with E-state index in [2.05, 4.69) is 14.8 Å². The number of anilines is 2. The van der Waals surface area contributed by atoms with E-state index in [-0.39, 0.29) is 23.5 Å². The Morgan fingerprint density at radius 3 is 2.66 bits per heavy atom. The van der Waals surface area contributed by atoms with Crippen LogP contribution in [0.25, 0.3) is 0 Å². The number of likely N-dealkylation sites (tertiary alicyclic amines) is 1. The molecule has 1 aliphatic carbocycles. The number of aliphatic hydroxyl groups excluding tert-OH is 1. The standard InChI is InChI=1S/C24H36N4O4/c1-3-11-28(23(31)32)19-14-17(2)21(25-15-19)26-12-4-9-24(16-26)10-13-27(22(24)30)18-5-7-20(29)8-6-18/h14-15,18,20,29H,3-13,16H2,1-2H3,(H,31,32). The second-order valence-electron chi connectivity index (χ2n) is 9.78. The Morgan fingerprint density at radius 2 is 2.00 bits per heavy atom. The number of piperidine rings is 1. The minimum Gasteiger partial charge on any atom is -0.465 e. The zero-order chi connectivity index (χ0) is 22.9. The van der Waals surface area contributed by atoms with Crippen molar-refractivity contribution in [1.82, 2.24) is 9.88 Å². The van der Waals surface area contributed by atoms with E-state index in [1.807, 2.05) is 19.9 Å². The number of amides is 2. The van der Waals surface area contributed by atoms with Gasteiger partial charge in [0.1, 0.15) is 5.82 Å². The molecular formula is C24H36N4O4. The van der Waals surface area contributed by atoms with Crippen molar-refractivity contribution in [2.75, 3.05) is 36.0 Å². The van der Waals surface area contributed by atoms with Crippen LogP contribution >= 0.6 is 0 Å². The van der Waals surface area contributed by atoms with Crippen molar-refractivity contribution in [3.63, 3.8) is 0 Å². The summed E-state index contributed by atoms with van der Waals surface area (Å²) in [5.41, 5.74) is 1.18. The van der Waals surface area contributed by atoms with Crippen molar-refractivity contribution in [2.45, 2.75) is 77.4 Å². The van der Waals surface area contributed by atoms with Crippen LogP contribution in [0, 0.1) is 12.3 Å². The molecule has 4 rings (SSSR count). The van der Waals surface area contributed by atoms with E-state index in [1.54, 1.807) is 6.20 Å². The monoisotopic (exact) mass is 444 g/mol. The van der Waals surface area contributed by atoms with Gasteiger partial charge in [0.2, 0.25) is 5.91 Å². The molecule has 1 aromatic heterocycles. The van der Waals surface area contributed by atoms with Crippen molar-refractivity contribution in [3.8, 4) is 0 Å². The molecule has 32 heavy (non-hydrogen) atoms. The predicted octanol–water partition coefficient (Wildman–Crippen LogP) is 3.41. The third-order valence-corrected chi connectivity index (χ3v) is 7.56. The number of nitrogens with zero attached hydrogens (tertiary/aromatic N) is 4. The van der Waals surface area contributed by atoms with Gasteiger partial charge in [-0.25, -0.2) is 9.78 Å². The van der Waals surface area contributed by atoms with Crippen LogP contribution in [0.2, 0.25) is 0 Å². The molecule has 0 bridgehead atoms. The lowest BCUT2D eigenvalue weighted by atomic mass is 9.78. The van der Waals surface area contributed by atoms with Crippen LogP contribution in [0.4, 0.5) is 16.3 Å². The van der Waals surface area contributed by atoms with E-state index < -0.39 is 6.09 Å². The molecule has 2 N–H and O–H groups in total. The van der Waals surface area contributed by atoms with Gasteiger partial charge in [0.25, 0.3) is 0 Å². The maximum absolute atomic E-state index is 13.6. The minimum atomic E-state index is -0.968. The van der Waals surface area contributed by atoms with E-state index in [0.29, 0.717) is 18.8 Å². The summed E-state index contributed by atoms with van der Waals surface area (Å²) in [6, 6.07) is 2.16. The second-order valence-corrected chi connectivity index (χ2v) is 9.78. The first-order valence-electron chi connectivity index (χ1n) is 12.1. The lowest BCUT2D eigenvalue weighted by Crippen LogP contribution is -2.50. The maximum atomic E-state index is 13.6. The van der Waals surface area contributed by atoms with Gasteiger partial charge in [0, 0.05) is 32.2 Å². The number of aryl methyl sites for hydroxylation is 1. The summed E-state index contributed by atoms with van der Waals surface area (Å²) < 4.78 is 0. The summed E-state index contributed by atoms with van der Waals surface area (Å²) in [6.07, 6.45) is 7.30. The molecule has 1 aromatic rings. The fraction of sp³-hybridized carbons (Fsp3) is 0.708. The topological polar surface area (TPSA) is 97.2 Å². The van der Waals surface area contributed by atoms with Crippen molar-refractivity contribution in [3.05, 3.63) is 17.8 Å². The van der Waals surface area contributed by atoms with Gasteiger partial charge in [-0.15, -0.1) is 0 Å². The SMILES string of the molecule is CCCN(C(=O)O)c1cnc(N2CCCC3(CCN(C4CCC(O)CC4)C3=O)C2)c(C)c1. The van der Waals surface area contributed by atoms with Crippen LogP contribution in [0.1, 0.15) is 63.9 Å². The number of aliphatic hydroxyl groups is 1. The highest BCUT2D eigenvalue weighted by atomic mass is 16.4. The molecular weight excluding hydrogens is 408 g/mol. The maximum Gasteiger partial charge on any atom is 0.411 e. The molecule has 3 fully saturated rings. The van der Waals surface area contributed by atoms with Gasteiger partial charge in [-0.2, -0.15) is 0 Å². The molecule has 2 aliphatic heterocycles. The first kappa shape index (κ1) is 22.8. The molecule has 8 heteroatoms. The Balaban J connectivity index is 1.49. The summed E-state index contributed by atoms with van der Waals surface area (Å²) in [5, 5.41) is 19.3. The number of carbonyl (C=O) groups is 2. The first-order chi connectivity index (χ1) is 15.3. The van der Waals surface area contributed by atoms with Crippen LogP contribution in [0.3, 0.4) is 0 Å². The molecule has 1 saturated carbocycles. The molecule has 0 aromatic carbocycles. The number of hydrogen-bond donors (Lipinski definition) is 2. The van der Waals surface area contributed by atoms with Crippen molar-refractivity contribution in [1.29, 1.82) is 0 Å². The zero-order valence-electron chi connectivity index (χ0n) is 19.3. The Bertz CT molecular complexity index is 854. The van der Waals surface area contributed by atoms with Crippen LogP contribution in [0.5, 0.6) is 0 Å². The predicted molar refractivity (Wildman–Crippen MR) is 123 cm³/mol. The van der Waals surface area contributed by atoms with E-state index in [9.17, 15) is 19.8 Å². The van der Waals surface area contributed by atoms with Gasteiger partial charge < -0.3 is 20.0 Å². The fourth-order valence-corrected chi connectivity index (χ4v) is 5.85. The first-order valence-corrected chi connectivity index (χ1v) is 12.1. The number of carboxylic acid groups (broad SMARTS) is 1. The largest absolute Gasteiger partial charge is 0.465 e. The molecule has 8 nitrogen and oxygen atoms in total. The summed E-state index contributed by atoms with van der Waals surface area (Å²) in [6.45, 7) is 6.69.